The zero-order chi connectivity index (χ0) is 20.6. The van der Waals surface area contributed by atoms with Gasteiger partial charge in [-0.2, -0.15) is 0 Å². The lowest BCUT2D eigenvalue weighted by molar-refractivity contribution is -0.118. The number of carbonyl (C=O) groups excluding carboxylic acids is 2. The number of rotatable bonds is 7. The summed E-state index contributed by atoms with van der Waals surface area (Å²) < 4.78 is 10.8. The molecule has 3 N–H and O–H groups in total. The van der Waals surface area contributed by atoms with Crippen LogP contribution in [0.1, 0.15) is 21.5 Å². The standard InChI is InChI=1S/C23H22N2O4/c1-16-7-5-6-10-20(16)25-22(26)15-28-21-13-18(11-12-19(21)24)23(27)29-14-17-8-3-2-4-9-17/h2-13H,14-15,24H2,1H3,(H,25,26). The smallest absolute Gasteiger partial charge is 0.338 e. The summed E-state index contributed by atoms with van der Waals surface area (Å²) in [7, 11) is 0. The van der Waals surface area contributed by atoms with Crippen LogP contribution in [-0.4, -0.2) is 18.5 Å². The zero-order valence-electron chi connectivity index (χ0n) is 16.1. The number of carbonyl (C=O) groups is 2. The van der Waals surface area contributed by atoms with Gasteiger partial charge in [-0.25, -0.2) is 4.79 Å². The molecule has 3 aromatic rings. The molecule has 3 rings (SSSR count). The minimum Gasteiger partial charge on any atom is -0.482 e. The van der Waals surface area contributed by atoms with Gasteiger partial charge in [-0.15, -0.1) is 0 Å². The molecule has 0 heterocycles. The van der Waals surface area contributed by atoms with E-state index in [1.165, 1.54) is 6.07 Å². The number of esters is 1. The van der Waals surface area contributed by atoms with Crippen LogP contribution in [0, 0.1) is 6.92 Å². The monoisotopic (exact) mass is 390 g/mol. The molecule has 6 heteroatoms. The maximum absolute atomic E-state index is 12.3. The van der Waals surface area contributed by atoms with Crippen molar-refractivity contribution in [2.45, 2.75) is 13.5 Å². The van der Waals surface area contributed by atoms with Crippen LogP contribution < -0.4 is 15.8 Å². The molecule has 0 radical (unpaired) electrons. The van der Waals surface area contributed by atoms with Crippen molar-refractivity contribution in [2.24, 2.45) is 0 Å². The van der Waals surface area contributed by atoms with Crippen LogP contribution in [-0.2, 0) is 16.1 Å². The van der Waals surface area contributed by atoms with Crippen molar-refractivity contribution in [1.29, 1.82) is 0 Å². The van der Waals surface area contributed by atoms with E-state index in [0.29, 0.717) is 16.9 Å². The highest BCUT2D eigenvalue weighted by molar-refractivity contribution is 5.93. The molecule has 0 aliphatic carbocycles. The minimum absolute atomic E-state index is 0.166. The third kappa shape index (κ3) is 5.59. The van der Waals surface area contributed by atoms with Crippen molar-refractivity contribution in [3.05, 3.63) is 89.5 Å². The Bertz CT molecular complexity index is 1000. The largest absolute Gasteiger partial charge is 0.482 e. The quantitative estimate of drug-likeness (QED) is 0.471. The number of nitrogens with two attached hydrogens (primary N) is 1. The lowest BCUT2D eigenvalue weighted by Gasteiger charge is -2.12. The summed E-state index contributed by atoms with van der Waals surface area (Å²) in [6.45, 7) is 1.83. The second kappa shape index (κ2) is 9.41. The van der Waals surface area contributed by atoms with E-state index >= 15 is 0 Å². The Labute approximate surface area is 169 Å². The molecule has 1 amide bonds. The van der Waals surface area contributed by atoms with Gasteiger partial charge in [0.05, 0.1) is 11.3 Å². The summed E-state index contributed by atoms with van der Waals surface area (Å²) in [6, 6.07) is 21.4. The Hall–Kier alpha value is -3.80. The van der Waals surface area contributed by atoms with Crippen molar-refractivity contribution in [2.75, 3.05) is 17.7 Å². The number of aryl methyl sites for hydroxylation is 1. The fraction of sp³-hybridized carbons (Fsp3) is 0.130. The van der Waals surface area contributed by atoms with Crippen molar-refractivity contribution in [3.8, 4) is 5.75 Å². The Morgan fingerprint density at radius 1 is 0.966 bits per heavy atom. The van der Waals surface area contributed by atoms with E-state index in [4.69, 9.17) is 15.2 Å². The van der Waals surface area contributed by atoms with Gasteiger partial charge in [-0.1, -0.05) is 48.5 Å². The predicted molar refractivity (Wildman–Crippen MR) is 112 cm³/mol. The minimum atomic E-state index is -0.497. The van der Waals surface area contributed by atoms with Gasteiger partial charge < -0.3 is 20.5 Å². The molecule has 0 fully saturated rings. The van der Waals surface area contributed by atoms with Crippen LogP contribution in [0.3, 0.4) is 0 Å². The van der Waals surface area contributed by atoms with Crippen LogP contribution in [0.25, 0.3) is 0 Å². The van der Waals surface area contributed by atoms with Gasteiger partial charge in [0.1, 0.15) is 12.4 Å². The topological polar surface area (TPSA) is 90.6 Å². The molecule has 0 atom stereocenters. The zero-order valence-corrected chi connectivity index (χ0v) is 16.1. The number of nitrogens with one attached hydrogen (secondary N) is 1. The number of para-hydroxylation sites is 1. The second-order valence-corrected chi connectivity index (χ2v) is 6.47. The highest BCUT2D eigenvalue weighted by atomic mass is 16.5. The third-order valence-electron chi connectivity index (χ3n) is 4.24. The Morgan fingerprint density at radius 2 is 1.69 bits per heavy atom. The molecule has 0 aliphatic heterocycles. The van der Waals surface area contributed by atoms with E-state index in [2.05, 4.69) is 5.32 Å². The first kappa shape index (κ1) is 19.9. The fourth-order valence-corrected chi connectivity index (χ4v) is 2.64. The Kier molecular flexibility index (Phi) is 6.47. The maximum atomic E-state index is 12.3. The Morgan fingerprint density at radius 3 is 2.45 bits per heavy atom. The molecule has 0 saturated carbocycles. The number of anilines is 2. The van der Waals surface area contributed by atoms with Crippen LogP contribution in [0.15, 0.2) is 72.8 Å². The average molecular weight is 390 g/mol. The number of hydrogen-bond acceptors (Lipinski definition) is 5. The third-order valence-corrected chi connectivity index (χ3v) is 4.24. The highest BCUT2D eigenvalue weighted by Crippen LogP contribution is 2.23. The second-order valence-electron chi connectivity index (χ2n) is 6.47. The molecule has 29 heavy (non-hydrogen) atoms. The van der Waals surface area contributed by atoms with Gasteiger partial charge in [-0.05, 0) is 42.3 Å². The van der Waals surface area contributed by atoms with Crippen molar-refractivity contribution in [3.63, 3.8) is 0 Å². The summed E-state index contributed by atoms with van der Waals surface area (Å²) in [5.74, 6) is -0.571. The SMILES string of the molecule is Cc1ccccc1NC(=O)COc1cc(C(=O)OCc2ccccc2)ccc1N. The average Bonchev–Trinajstić information content (AvgIpc) is 2.74. The predicted octanol–water partition coefficient (Wildman–Crippen LogP) is 3.95. The first-order valence-electron chi connectivity index (χ1n) is 9.12. The molecule has 0 aromatic heterocycles. The molecule has 0 spiro atoms. The molecule has 3 aromatic carbocycles. The summed E-state index contributed by atoms with van der Waals surface area (Å²) in [5, 5.41) is 2.78. The van der Waals surface area contributed by atoms with Crippen molar-refractivity contribution >= 4 is 23.3 Å². The maximum Gasteiger partial charge on any atom is 0.338 e. The van der Waals surface area contributed by atoms with Gasteiger partial charge in [-0.3, -0.25) is 4.79 Å². The Balaban J connectivity index is 1.59. The van der Waals surface area contributed by atoms with E-state index in [-0.39, 0.29) is 24.9 Å². The highest BCUT2D eigenvalue weighted by Gasteiger charge is 2.13. The summed E-state index contributed by atoms with van der Waals surface area (Å²) in [4.78, 5) is 24.5. The van der Waals surface area contributed by atoms with Gasteiger partial charge in [0.2, 0.25) is 0 Å². The number of hydrogen-bond donors (Lipinski definition) is 2. The normalized spacial score (nSPS) is 10.2. The van der Waals surface area contributed by atoms with Gasteiger partial charge in [0.25, 0.3) is 5.91 Å². The van der Waals surface area contributed by atoms with E-state index < -0.39 is 5.97 Å². The molecule has 0 unspecified atom stereocenters. The summed E-state index contributed by atoms with van der Waals surface area (Å²) in [6.07, 6.45) is 0. The summed E-state index contributed by atoms with van der Waals surface area (Å²) in [5.41, 5.74) is 9.08. The van der Waals surface area contributed by atoms with Crippen LogP contribution in [0.4, 0.5) is 11.4 Å². The number of amides is 1. The molecular weight excluding hydrogens is 368 g/mol. The van der Waals surface area contributed by atoms with Gasteiger partial charge in [0.15, 0.2) is 6.61 Å². The molecule has 6 nitrogen and oxygen atoms in total. The fourth-order valence-electron chi connectivity index (χ4n) is 2.64. The van der Waals surface area contributed by atoms with E-state index in [9.17, 15) is 9.59 Å². The number of ether oxygens (including phenoxy) is 2. The molecule has 148 valence electrons. The molecule has 0 aliphatic rings. The number of nitrogen functional groups attached to an aromatic ring is 1. The van der Waals surface area contributed by atoms with Gasteiger partial charge >= 0.3 is 5.97 Å². The van der Waals surface area contributed by atoms with Gasteiger partial charge in [0, 0.05) is 5.69 Å². The first-order valence-corrected chi connectivity index (χ1v) is 9.12. The van der Waals surface area contributed by atoms with E-state index in [1.807, 2.05) is 61.5 Å². The lowest BCUT2D eigenvalue weighted by atomic mass is 10.2. The van der Waals surface area contributed by atoms with Crippen LogP contribution in [0.5, 0.6) is 5.75 Å². The van der Waals surface area contributed by atoms with Crippen molar-refractivity contribution in [1.82, 2.24) is 0 Å². The lowest BCUT2D eigenvalue weighted by Crippen LogP contribution is -2.21. The summed E-state index contributed by atoms with van der Waals surface area (Å²) >= 11 is 0. The molecule has 0 saturated heterocycles. The molecular formula is C23H22N2O4. The number of benzene rings is 3. The van der Waals surface area contributed by atoms with E-state index in [0.717, 1.165) is 11.1 Å². The van der Waals surface area contributed by atoms with E-state index in [1.54, 1.807) is 12.1 Å². The van der Waals surface area contributed by atoms with Crippen LogP contribution in [0.2, 0.25) is 0 Å². The van der Waals surface area contributed by atoms with Crippen LogP contribution >= 0.6 is 0 Å². The first-order chi connectivity index (χ1) is 14.0. The van der Waals surface area contributed by atoms with Crippen molar-refractivity contribution < 1.29 is 19.1 Å². The molecule has 0 bridgehead atoms.